The minimum Gasteiger partial charge on any atom is -0.385 e. The average molecular weight is 456 g/mol. The second-order valence-electron chi connectivity index (χ2n) is 5.40. The van der Waals surface area contributed by atoms with Crippen molar-refractivity contribution in [2.24, 2.45) is 4.99 Å². The zero-order chi connectivity index (χ0) is 17.0. The molecule has 2 aromatic carbocycles. The Hall–Kier alpha value is -1.83. The molecule has 0 atom stereocenters. The first-order valence-electron chi connectivity index (χ1n) is 8.33. The summed E-state index contributed by atoms with van der Waals surface area (Å²) in [7, 11) is 0. The van der Waals surface area contributed by atoms with Crippen LogP contribution in [-0.2, 0) is 6.54 Å². The number of halogens is 2. The number of anilines is 1. The number of nitrogens with one attached hydrogen (secondary N) is 3. The molecule has 0 bridgehead atoms. The van der Waals surface area contributed by atoms with Crippen LogP contribution in [0.1, 0.15) is 18.9 Å². The van der Waals surface area contributed by atoms with Gasteiger partial charge in [-0.1, -0.05) is 30.3 Å². The number of hydrogen-bond acceptors (Lipinski definition) is 2. The zero-order valence-electron chi connectivity index (χ0n) is 14.5. The van der Waals surface area contributed by atoms with Crippen LogP contribution in [0, 0.1) is 5.82 Å². The number of benzene rings is 2. The Morgan fingerprint density at radius 1 is 1.00 bits per heavy atom. The molecule has 0 radical (unpaired) electrons. The van der Waals surface area contributed by atoms with Crippen LogP contribution in [0.4, 0.5) is 10.1 Å². The van der Waals surface area contributed by atoms with Gasteiger partial charge in [0.1, 0.15) is 5.82 Å². The molecule has 6 heteroatoms. The fraction of sp³-hybridized carbons (Fsp3) is 0.316. The number of hydrogen-bond donors (Lipinski definition) is 3. The van der Waals surface area contributed by atoms with Crippen molar-refractivity contribution < 1.29 is 4.39 Å². The maximum absolute atomic E-state index is 13.2. The van der Waals surface area contributed by atoms with Gasteiger partial charge in [0, 0.05) is 25.3 Å². The summed E-state index contributed by atoms with van der Waals surface area (Å²) in [5, 5.41) is 9.87. The van der Waals surface area contributed by atoms with Crippen molar-refractivity contribution in [2.45, 2.75) is 19.9 Å². The van der Waals surface area contributed by atoms with Crippen LogP contribution < -0.4 is 16.0 Å². The van der Waals surface area contributed by atoms with E-state index in [9.17, 15) is 4.39 Å². The van der Waals surface area contributed by atoms with Gasteiger partial charge in [-0.2, -0.15) is 0 Å². The molecule has 0 saturated heterocycles. The Kier molecular flexibility index (Phi) is 10.6. The van der Waals surface area contributed by atoms with E-state index < -0.39 is 0 Å². The fourth-order valence-electron chi connectivity index (χ4n) is 2.23. The van der Waals surface area contributed by atoms with E-state index in [0.29, 0.717) is 6.54 Å². The Morgan fingerprint density at radius 2 is 1.80 bits per heavy atom. The predicted molar refractivity (Wildman–Crippen MR) is 114 cm³/mol. The number of rotatable bonds is 8. The molecule has 0 aromatic heterocycles. The molecule has 136 valence electrons. The molecule has 0 saturated carbocycles. The predicted octanol–water partition coefficient (Wildman–Crippen LogP) is 4.00. The molecule has 0 heterocycles. The first kappa shape index (κ1) is 21.2. The van der Waals surface area contributed by atoms with E-state index in [-0.39, 0.29) is 29.8 Å². The molecule has 4 nitrogen and oxygen atoms in total. The van der Waals surface area contributed by atoms with Gasteiger partial charge in [-0.05, 0) is 43.2 Å². The summed E-state index contributed by atoms with van der Waals surface area (Å²) in [5.41, 5.74) is 1.99. The van der Waals surface area contributed by atoms with Gasteiger partial charge in [-0.25, -0.2) is 9.38 Å². The van der Waals surface area contributed by atoms with Crippen molar-refractivity contribution in [1.29, 1.82) is 0 Å². The summed E-state index contributed by atoms with van der Waals surface area (Å²) in [6, 6.07) is 16.7. The van der Waals surface area contributed by atoms with E-state index in [1.165, 1.54) is 12.1 Å². The van der Waals surface area contributed by atoms with Gasteiger partial charge in [0.05, 0.1) is 6.54 Å². The summed E-state index contributed by atoms with van der Waals surface area (Å²) in [6.07, 6.45) is 0.972. The van der Waals surface area contributed by atoms with Gasteiger partial charge in [0.2, 0.25) is 0 Å². The van der Waals surface area contributed by atoms with Crippen molar-refractivity contribution in [2.75, 3.05) is 25.0 Å². The van der Waals surface area contributed by atoms with Crippen LogP contribution in [0.5, 0.6) is 0 Å². The molecule has 0 aliphatic carbocycles. The average Bonchev–Trinajstić information content (AvgIpc) is 2.60. The highest BCUT2D eigenvalue weighted by Crippen LogP contribution is 2.05. The van der Waals surface area contributed by atoms with Gasteiger partial charge < -0.3 is 16.0 Å². The molecule has 0 unspecified atom stereocenters. The third kappa shape index (κ3) is 8.72. The van der Waals surface area contributed by atoms with Crippen LogP contribution >= 0.6 is 24.0 Å². The van der Waals surface area contributed by atoms with E-state index in [4.69, 9.17) is 0 Å². The van der Waals surface area contributed by atoms with E-state index in [2.05, 4.69) is 33.1 Å². The second-order valence-corrected chi connectivity index (χ2v) is 5.40. The summed E-state index contributed by atoms with van der Waals surface area (Å²) < 4.78 is 13.2. The SMILES string of the molecule is CCNC(=NCc1cccc(F)c1)NCCCNc1ccccc1.I. The van der Waals surface area contributed by atoms with Crippen molar-refractivity contribution in [1.82, 2.24) is 10.6 Å². The lowest BCUT2D eigenvalue weighted by Gasteiger charge is -2.12. The topological polar surface area (TPSA) is 48.5 Å². The molecule has 0 aliphatic rings. The van der Waals surface area contributed by atoms with Gasteiger partial charge >= 0.3 is 0 Å². The van der Waals surface area contributed by atoms with E-state index in [1.807, 2.05) is 31.2 Å². The van der Waals surface area contributed by atoms with Crippen LogP contribution in [0.25, 0.3) is 0 Å². The number of aliphatic imine (C=N–C) groups is 1. The third-order valence-electron chi connectivity index (χ3n) is 3.40. The zero-order valence-corrected chi connectivity index (χ0v) is 16.8. The third-order valence-corrected chi connectivity index (χ3v) is 3.40. The highest BCUT2D eigenvalue weighted by molar-refractivity contribution is 14.0. The van der Waals surface area contributed by atoms with Gasteiger partial charge in [-0.15, -0.1) is 24.0 Å². The largest absolute Gasteiger partial charge is 0.385 e. The molecule has 25 heavy (non-hydrogen) atoms. The van der Waals surface area contributed by atoms with Crippen LogP contribution in [0.15, 0.2) is 59.6 Å². The van der Waals surface area contributed by atoms with E-state index >= 15 is 0 Å². The summed E-state index contributed by atoms with van der Waals surface area (Å²) in [5.74, 6) is 0.522. The molecule has 3 N–H and O–H groups in total. The van der Waals surface area contributed by atoms with E-state index in [1.54, 1.807) is 6.07 Å². The normalized spacial score (nSPS) is 10.7. The Balaban J connectivity index is 0.00000312. The Morgan fingerprint density at radius 3 is 2.52 bits per heavy atom. The molecule has 0 aliphatic heterocycles. The molecular weight excluding hydrogens is 430 g/mol. The Labute approximate surface area is 166 Å². The van der Waals surface area contributed by atoms with Crippen LogP contribution in [0.2, 0.25) is 0 Å². The van der Waals surface area contributed by atoms with Crippen LogP contribution in [0.3, 0.4) is 0 Å². The number of guanidine groups is 1. The van der Waals surface area contributed by atoms with Gasteiger partial charge in [-0.3, -0.25) is 0 Å². The molecule has 0 fully saturated rings. The highest BCUT2D eigenvalue weighted by Gasteiger charge is 1.98. The maximum atomic E-state index is 13.2. The first-order valence-corrected chi connectivity index (χ1v) is 8.33. The van der Waals surface area contributed by atoms with Crippen molar-refractivity contribution in [3.05, 3.63) is 66.0 Å². The smallest absolute Gasteiger partial charge is 0.191 e. The monoisotopic (exact) mass is 456 g/mol. The molecule has 2 rings (SSSR count). The van der Waals surface area contributed by atoms with Crippen molar-refractivity contribution in [3.63, 3.8) is 0 Å². The fourth-order valence-corrected chi connectivity index (χ4v) is 2.23. The first-order chi connectivity index (χ1) is 11.8. The Bertz CT molecular complexity index is 634. The maximum Gasteiger partial charge on any atom is 0.191 e. The molecule has 2 aromatic rings. The lowest BCUT2D eigenvalue weighted by Crippen LogP contribution is -2.38. The quantitative estimate of drug-likeness (QED) is 0.244. The standard InChI is InChI=1S/C19H25FN4.HI/c1-2-21-19(24-15-16-8-6-9-17(20)14-16)23-13-7-12-22-18-10-4-3-5-11-18;/h3-6,8-11,14,22H,2,7,12-13,15H2,1H3,(H2,21,23,24);1H. The summed E-state index contributed by atoms with van der Waals surface area (Å²) in [6.45, 7) is 4.97. The number of para-hydroxylation sites is 1. The molecular formula is C19H26FIN4. The molecule has 0 amide bonds. The lowest BCUT2D eigenvalue weighted by molar-refractivity contribution is 0.625. The second kappa shape index (κ2) is 12.5. The van der Waals surface area contributed by atoms with Crippen molar-refractivity contribution >= 4 is 35.6 Å². The van der Waals surface area contributed by atoms with Gasteiger partial charge in [0.25, 0.3) is 0 Å². The summed E-state index contributed by atoms with van der Waals surface area (Å²) in [4.78, 5) is 4.49. The minimum absolute atomic E-state index is 0. The lowest BCUT2D eigenvalue weighted by atomic mass is 10.2. The van der Waals surface area contributed by atoms with Crippen LogP contribution in [-0.4, -0.2) is 25.6 Å². The molecule has 0 spiro atoms. The van der Waals surface area contributed by atoms with E-state index in [0.717, 1.165) is 43.3 Å². The highest BCUT2D eigenvalue weighted by atomic mass is 127. The minimum atomic E-state index is -0.229. The van der Waals surface area contributed by atoms with Crippen molar-refractivity contribution in [3.8, 4) is 0 Å². The van der Waals surface area contributed by atoms with Gasteiger partial charge in [0.15, 0.2) is 5.96 Å². The number of nitrogens with zero attached hydrogens (tertiary/aromatic N) is 1. The summed E-state index contributed by atoms with van der Waals surface area (Å²) >= 11 is 0.